The van der Waals surface area contributed by atoms with Gasteiger partial charge in [0.05, 0.1) is 15.6 Å². The number of aryl methyl sites for hydroxylation is 1. The number of piperidine rings is 1. The average molecular weight is 490 g/mol. The van der Waals surface area contributed by atoms with Gasteiger partial charge in [-0.15, -0.1) is 0 Å². The van der Waals surface area contributed by atoms with E-state index in [0.717, 1.165) is 0 Å². The normalized spacial score (nSPS) is 19.2. The van der Waals surface area contributed by atoms with Crippen molar-refractivity contribution in [2.24, 2.45) is 5.92 Å². The molecule has 172 valence electrons. The van der Waals surface area contributed by atoms with E-state index in [1.807, 2.05) is 5.32 Å². The Labute approximate surface area is 187 Å². The molecule has 2 aromatic carbocycles. The summed E-state index contributed by atoms with van der Waals surface area (Å²) in [7, 11) is -4.07. The zero-order chi connectivity index (χ0) is 23.7. The highest BCUT2D eigenvalue weighted by Crippen LogP contribution is 2.30. The smallest absolute Gasteiger partial charge is 0.344 e. The summed E-state index contributed by atoms with van der Waals surface area (Å²) in [5, 5.41) is 4.41. The quantitative estimate of drug-likeness (QED) is 0.555. The van der Waals surface area contributed by atoms with Gasteiger partial charge in [-0.1, -0.05) is 29.8 Å². The first-order chi connectivity index (χ1) is 14.9. The number of hydrogen-bond donors (Lipinski definition) is 3. The van der Waals surface area contributed by atoms with E-state index in [0.29, 0.717) is 5.56 Å². The molecule has 2 atom stereocenters. The van der Waals surface area contributed by atoms with Gasteiger partial charge < -0.3 is 10.6 Å². The summed E-state index contributed by atoms with van der Waals surface area (Å²) >= 11 is 6.00. The number of sulfonamides is 1. The first kappa shape index (κ1) is 23.9. The van der Waals surface area contributed by atoms with Crippen LogP contribution in [0.2, 0.25) is 5.02 Å². The summed E-state index contributed by atoms with van der Waals surface area (Å²) in [6, 6.07) is 8.33. The Bertz CT molecular complexity index is 1160. The van der Waals surface area contributed by atoms with Gasteiger partial charge in [-0.2, -0.15) is 13.2 Å². The van der Waals surface area contributed by atoms with E-state index in [1.54, 1.807) is 19.1 Å². The Kier molecular flexibility index (Phi) is 6.70. The molecule has 3 N–H and O–H groups in total. The molecule has 0 bridgehead atoms. The topological polar surface area (TPSA) is 104 Å². The Morgan fingerprint density at radius 3 is 2.47 bits per heavy atom. The van der Waals surface area contributed by atoms with Crippen LogP contribution >= 0.6 is 11.6 Å². The van der Waals surface area contributed by atoms with Crippen molar-refractivity contribution in [3.63, 3.8) is 0 Å². The van der Waals surface area contributed by atoms with Crippen molar-refractivity contribution in [1.29, 1.82) is 0 Å². The summed E-state index contributed by atoms with van der Waals surface area (Å²) in [6.45, 7) is 1.55. The Balaban J connectivity index is 1.77. The molecule has 1 fully saturated rings. The van der Waals surface area contributed by atoms with Gasteiger partial charge in [-0.05, 0) is 49.6 Å². The second-order valence-corrected chi connectivity index (χ2v) is 9.35. The molecular weight excluding hydrogens is 471 g/mol. The molecule has 0 spiro atoms. The third-order valence-corrected chi connectivity index (χ3v) is 6.79. The zero-order valence-electron chi connectivity index (χ0n) is 16.7. The molecule has 0 radical (unpaired) electrons. The fraction of sp³-hybridized carbons (Fsp3) is 0.300. The van der Waals surface area contributed by atoms with Gasteiger partial charge in [0.25, 0.3) is 10.0 Å². The predicted molar refractivity (Wildman–Crippen MR) is 113 cm³/mol. The van der Waals surface area contributed by atoms with Gasteiger partial charge >= 0.3 is 6.18 Å². The highest BCUT2D eigenvalue weighted by Gasteiger charge is 2.45. The molecule has 0 aliphatic carbocycles. The molecule has 1 aliphatic rings. The van der Waals surface area contributed by atoms with Crippen LogP contribution in [0.3, 0.4) is 0 Å². The van der Waals surface area contributed by atoms with Crippen LogP contribution in [0.5, 0.6) is 0 Å². The second kappa shape index (κ2) is 8.99. The van der Waals surface area contributed by atoms with Crippen molar-refractivity contribution in [3.8, 4) is 0 Å². The molecule has 0 saturated carbocycles. The van der Waals surface area contributed by atoms with Crippen LogP contribution in [0.1, 0.15) is 18.4 Å². The lowest BCUT2D eigenvalue weighted by molar-refractivity contribution is -0.170. The molecular formula is C20H19ClF3N3O4S. The van der Waals surface area contributed by atoms with Gasteiger partial charge in [-0.3, -0.25) is 14.3 Å². The number of amides is 2. The van der Waals surface area contributed by atoms with Gasteiger partial charge in [0, 0.05) is 5.69 Å². The molecule has 1 aliphatic heterocycles. The molecule has 1 heterocycles. The molecule has 12 heteroatoms. The van der Waals surface area contributed by atoms with E-state index in [1.165, 1.54) is 30.3 Å². The summed E-state index contributed by atoms with van der Waals surface area (Å²) in [4.78, 5) is 24.3. The van der Waals surface area contributed by atoms with Gasteiger partial charge in [0.2, 0.25) is 11.8 Å². The van der Waals surface area contributed by atoms with Crippen LogP contribution in [-0.2, 0) is 19.6 Å². The number of carbonyl (C=O) groups excluding carboxylic acids is 2. The number of hydrogen-bond acceptors (Lipinski definition) is 4. The maximum atomic E-state index is 12.8. The largest absolute Gasteiger partial charge is 0.408 e. The molecule has 2 unspecified atom stereocenters. The van der Waals surface area contributed by atoms with Crippen LogP contribution in [0.15, 0.2) is 47.4 Å². The predicted octanol–water partition coefficient (Wildman–Crippen LogP) is 3.84. The molecule has 7 nitrogen and oxygen atoms in total. The summed E-state index contributed by atoms with van der Waals surface area (Å²) < 4.78 is 66.4. The summed E-state index contributed by atoms with van der Waals surface area (Å²) in [5.74, 6) is -3.18. The number of halogens is 4. The Morgan fingerprint density at radius 2 is 1.84 bits per heavy atom. The van der Waals surface area contributed by atoms with E-state index in [9.17, 15) is 31.2 Å². The number of para-hydroxylation sites is 1. The van der Waals surface area contributed by atoms with Crippen LogP contribution < -0.4 is 15.4 Å². The molecule has 3 rings (SSSR count). The number of carbonyl (C=O) groups is 2. The van der Waals surface area contributed by atoms with Crippen molar-refractivity contribution in [3.05, 3.63) is 53.1 Å². The fourth-order valence-electron chi connectivity index (χ4n) is 3.25. The van der Waals surface area contributed by atoms with E-state index < -0.39 is 46.4 Å². The van der Waals surface area contributed by atoms with Crippen molar-refractivity contribution < 1.29 is 31.2 Å². The maximum Gasteiger partial charge on any atom is 0.408 e. The number of alkyl halides is 3. The maximum absolute atomic E-state index is 12.8. The fourth-order valence-corrected chi connectivity index (χ4v) is 4.84. The third-order valence-electron chi connectivity index (χ3n) is 4.95. The average Bonchev–Trinajstić information content (AvgIpc) is 2.70. The monoisotopic (exact) mass is 489 g/mol. The number of rotatable bonds is 5. The Morgan fingerprint density at radius 1 is 1.16 bits per heavy atom. The lowest BCUT2D eigenvalue weighted by atomic mass is 9.92. The van der Waals surface area contributed by atoms with Crippen molar-refractivity contribution >= 4 is 44.8 Å². The van der Waals surface area contributed by atoms with E-state index in [-0.39, 0.29) is 27.7 Å². The minimum atomic E-state index is -4.59. The SMILES string of the molecule is Cc1ccc(NC(=O)C2CCC(C(F)(F)F)NC2=O)cc1S(=O)(=O)Nc1ccccc1Cl. The Hall–Kier alpha value is -2.79. The van der Waals surface area contributed by atoms with Gasteiger partial charge in [-0.25, -0.2) is 8.42 Å². The van der Waals surface area contributed by atoms with Gasteiger partial charge in [0.15, 0.2) is 0 Å². The van der Waals surface area contributed by atoms with Crippen LogP contribution in [0.25, 0.3) is 0 Å². The number of anilines is 2. The van der Waals surface area contributed by atoms with Gasteiger partial charge in [0.1, 0.15) is 12.0 Å². The van der Waals surface area contributed by atoms with Crippen LogP contribution in [-0.4, -0.2) is 32.5 Å². The van der Waals surface area contributed by atoms with Crippen LogP contribution in [0, 0.1) is 12.8 Å². The zero-order valence-corrected chi connectivity index (χ0v) is 18.2. The molecule has 1 saturated heterocycles. The number of nitrogens with one attached hydrogen (secondary N) is 3. The van der Waals surface area contributed by atoms with E-state index in [2.05, 4.69) is 10.0 Å². The third kappa shape index (κ3) is 5.33. The molecule has 32 heavy (non-hydrogen) atoms. The first-order valence-corrected chi connectivity index (χ1v) is 11.3. The molecule has 2 aromatic rings. The summed E-state index contributed by atoms with van der Waals surface area (Å²) in [5.41, 5.74) is 0.623. The van der Waals surface area contributed by atoms with E-state index in [4.69, 9.17) is 11.6 Å². The minimum Gasteiger partial charge on any atom is -0.344 e. The highest BCUT2D eigenvalue weighted by molar-refractivity contribution is 7.92. The molecule has 2 amide bonds. The standard InChI is InChI=1S/C20H19ClF3N3O4S/c1-11-6-7-12(10-16(11)32(30,31)27-15-5-3-2-4-14(15)21)25-18(28)13-8-9-17(20(22,23)24)26-19(13)29/h2-7,10,13,17,27H,8-9H2,1H3,(H,25,28)(H,26,29). The number of benzene rings is 2. The first-order valence-electron chi connectivity index (χ1n) is 9.44. The van der Waals surface area contributed by atoms with Crippen molar-refractivity contribution in [1.82, 2.24) is 5.32 Å². The van der Waals surface area contributed by atoms with E-state index >= 15 is 0 Å². The molecule has 0 aromatic heterocycles. The lowest BCUT2D eigenvalue weighted by Gasteiger charge is -2.29. The van der Waals surface area contributed by atoms with Crippen molar-refractivity contribution in [2.45, 2.75) is 36.9 Å². The minimum absolute atomic E-state index is 0.0749. The van der Waals surface area contributed by atoms with Crippen molar-refractivity contribution in [2.75, 3.05) is 10.0 Å². The lowest BCUT2D eigenvalue weighted by Crippen LogP contribution is -2.53. The highest BCUT2D eigenvalue weighted by atomic mass is 35.5. The summed E-state index contributed by atoms with van der Waals surface area (Å²) in [6.07, 6.45) is -5.30. The van der Waals surface area contributed by atoms with Crippen LogP contribution in [0.4, 0.5) is 24.5 Å². The second-order valence-electron chi connectivity index (χ2n) is 7.29.